The van der Waals surface area contributed by atoms with E-state index >= 15 is 0 Å². The average molecular weight is 464 g/mol. The van der Waals surface area contributed by atoms with Crippen LogP contribution in [-0.4, -0.2) is 46.6 Å². The normalized spacial score (nSPS) is 31.3. The minimum atomic E-state index is -3.68. The molecule has 0 spiro atoms. The summed E-state index contributed by atoms with van der Waals surface area (Å²) in [7, 11) is -3.68. The smallest absolute Gasteiger partial charge is 0.309 e. The fourth-order valence-corrected chi connectivity index (χ4v) is 8.26. The Morgan fingerprint density at radius 2 is 1.90 bits per heavy atom. The van der Waals surface area contributed by atoms with Crippen molar-refractivity contribution in [1.29, 1.82) is 0 Å². The third-order valence-corrected chi connectivity index (χ3v) is 11.0. The number of piperidine rings is 1. The number of sulfonamides is 1. The van der Waals surface area contributed by atoms with E-state index in [1.54, 1.807) is 18.2 Å². The molecule has 2 bridgehead atoms. The van der Waals surface area contributed by atoms with Crippen molar-refractivity contribution in [2.24, 2.45) is 22.7 Å². The first kappa shape index (κ1) is 21.3. The lowest BCUT2D eigenvalue weighted by Crippen LogP contribution is -2.41. The fourth-order valence-electron chi connectivity index (χ4n) is 6.04. The summed E-state index contributed by atoms with van der Waals surface area (Å²) in [5.74, 6) is 0.0344. The van der Waals surface area contributed by atoms with Crippen molar-refractivity contribution in [2.75, 3.05) is 13.1 Å². The summed E-state index contributed by atoms with van der Waals surface area (Å²) in [5, 5.41) is 0. The van der Waals surface area contributed by atoms with E-state index in [-0.39, 0.29) is 33.7 Å². The molecule has 31 heavy (non-hydrogen) atoms. The number of esters is 1. The Balaban J connectivity index is 1.24. The second kappa shape index (κ2) is 7.22. The van der Waals surface area contributed by atoms with Gasteiger partial charge < -0.3 is 4.74 Å². The largest absolute Gasteiger partial charge is 0.462 e. The number of nitrogens with zero attached hydrogens (tertiary/aromatic N) is 3. The minimum absolute atomic E-state index is 0.00206. The predicted molar refractivity (Wildman–Crippen MR) is 118 cm³/mol. The topological polar surface area (TPSA) is 89.5 Å². The maximum Gasteiger partial charge on any atom is 0.309 e. The lowest BCUT2D eigenvalue weighted by Gasteiger charge is -2.33. The molecule has 3 aliphatic rings. The number of carbonyl (C=O) groups is 1. The summed E-state index contributed by atoms with van der Waals surface area (Å²) < 4.78 is 42.2. The molecule has 1 aliphatic heterocycles. The van der Waals surface area contributed by atoms with E-state index in [1.807, 2.05) is 0 Å². The SMILES string of the molecule is CC1(C)[C@@H]2CC[C@]1(C)C[C@H]2OC(=O)C1CCN(S(=O)(=O)c2cccc3nsnc23)CC1. The number of ether oxygens (including phenoxy) is 1. The van der Waals surface area contributed by atoms with Gasteiger partial charge in [-0.15, -0.1) is 0 Å². The van der Waals surface area contributed by atoms with Gasteiger partial charge in [0.1, 0.15) is 22.0 Å². The Bertz CT molecular complexity index is 1120. The van der Waals surface area contributed by atoms with E-state index in [4.69, 9.17) is 4.74 Å². The number of carbonyl (C=O) groups excluding carboxylic acids is 1. The number of hydrogen-bond donors (Lipinski definition) is 0. The molecule has 2 aromatic rings. The van der Waals surface area contributed by atoms with Gasteiger partial charge >= 0.3 is 5.97 Å². The molecule has 0 N–H and O–H groups in total. The van der Waals surface area contributed by atoms with Crippen molar-refractivity contribution >= 4 is 38.8 Å². The van der Waals surface area contributed by atoms with Gasteiger partial charge in [0.25, 0.3) is 0 Å². The number of benzene rings is 1. The monoisotopic (exact) mass is 463 g/mol. The Kier molecular flexibility index (Phi) is 4.95. The van der Waals surface area contributed by atoms with Crippen LogP contribution < -0.4 is 0 Å². The lowest BCUT2D eigenvalue weighted by atomic mass is 9.71. The molecule has 5 rings (SSSR count). The van der Waals surface area contributed by atoms with E-state index in [0.717, 1.165) is 24.6 Å². The molecule has 0 unspecified atom stereocenters. The molecule has 3 fully saturated rings. The van der Waals surface area contributed by atoms with Crippen molar-refractivity contribution in [3.63, 3.8) is 0 Å². The van der Waals surface area contributed by atoms with Crippen LogP contribution in [0.3, 0.4) is 0 Å². The van der Waals surface area contributed by atoms with Crippen LogP contribution in [0, 0.1) is 22.7 Å². The number of aromatic nitrogens is 2. The van der Waals surface area contributed by atoms with Gasteiger partial charge in [-0.1, -0.05) is 26.8 Å². The van der Waals surface area contributed by atoms with Crippen LogP contribution in [-0.2, 0) is 19.6 Å². The maximum absolute atomic E-state index is 13.2. The van der Waals surface area contributed by atoms with Gasteiger partial charge in [0, 0.05) is 19.0 Å². The summed E-state index contributed by atoms with van der Waals surface area (Å²) in [6.07, 6.45) is 4.24. The van der Waals surface area contributed by atoms with E-state index in [0.29, 0.717) is 42.9 Å². The molecule has 2 heterocycles. The molecule has 1 aromatic carbocycles. The first-order valence-corrected chi connectivity index (χ1v) is 13.2. The lowest BCUT2D eigenvalue weighted by molar-refractivity contribution is -0.158. The highest BCUT2D eigenvalue weighted by Gasteiger charge is 2.61. The minimum Gasteiger partial charge on any atom is -0.462 e. The van der Waals surface area contributed by atoms with E-state index in [2.05, 4.69) is 29.5 Å². The van der Waals surface area contributed by atoms with Crippen LogP contribution in [0.1, 0.15) is 52.9 Å². The van der Waals surface area contributed by atoms with Crippen LogP contribution in [0.5, 0.6) is 0 Å². The first-order chi connectivity index (χ1) is 14.6. The quantitative estimate of drug-likeness (QED) is 0.640. The van der Waals surface area contributed by atoms with Crippen molar-refractivity contribution in [3.8, 4) is 0 Å². The molecule has 2 aliphatic carbocycles. The van der Waals surface area contributed by atoms with Crippen molar-refractivity contribution in [1.82, 2.24) is 13.1 Å². The summed E-state index contributed by atoms with van der Waals surface area (Å²) in [4.78, 5) is 13.1. The van der Waals surface area contributed by atoms with Crippen LogP contribution in [0.15, 0.2) is 23.1 Å². The van der Waals surface area contributed by atoms with Crippen LogP contribution in [0.25, 0.3) is 11.0 Å². The third kappa shape index (κ3) is 3.23. The van der Waals surface area contributed by atoms with Gasteiger partial charge in [0.15, 0.2) is 0 Å². The van der Waals surface area contributed by atoms with Gasteiger partial charge in [0.2, 0.25) is 10.0 Å². The zero-order valence-corrected chi connectivity index (χ0v) is 19.8. The van der Waals surface area contributed by atoms with E-state index in [9.17, 15) is 13.2 Å². The molecule has 9 heteroatoms. The molecule has 7 nitrogen and oxygen atoms in total. The second-order valence-electron chi connectivity index (χ2n) is 10.2. The van der Waals surface area contributed by atoms with Gasteiger partial charge in [-0.25, -0.2) is 8.42 Å². The van der Waals surface area contributed by atoms with Crippen LogP contribution in [0.4, 0.5) is 0 Å². The summed E-state index contributed by atoms with van der Waals surface area (Å²) in [6.45, 7) is 7.56. The first-order valence-electron chi connectivity index (χ1n) is 11.1. The van der Waals surface area contributed by atoms with Crippen LogP contribution in [0.2, 0.25) is 0 Å². The molecule has 2 saturated carbocycles. The summed E-state index contributed by atoms with van der Waals surface area (Å²) >= 11 is 1.01. The Morgan fingerprint density at radius 3 is 2.55 bits per heavy atom. The highest BCUT2D eigenvalue weighted by molar-refractivity contribution is 7.89. The van der Waals surface area contributed by atoms with Gasteiger partial charge in [0.05, 0.1) is 17.6 Å². The van der Waals surface area contributed by atoms with Crippen molar-refractivity contribution in [3.05, 3.63) is 18.2 Å². The Labute approximate surface area is 187 Å². The number of fused-ring (bicyclic) bond motifs is 3. The number of rotatable bonds is 4. The summed E-state index contributed by atoms with van der Waals surface area (Å²) in [6, 6.07) is 5.03. The van der Waals surface area contributed by atoms with Crippen LogP contribution >= 0.6 is 11.7 Å². The molecular formula is C22H29N3O4S2. The Hall–Kier alpha value is -1.58. The van der Waals surface area contributed by atoms with Gasteiger partial charge in [-0.2, -0.15) is 13.1 Å². The second-order valence-corrected chi connectivity index (χ2v) is 12.6. The van der Waals surface area contributed by atoms with E-state index < -0.39 is 10.0 Å². The van der Waals surface area contributed by atoms with Gasteiger partial charge in [-0.3, -0.25) is 4.79 Å². The van der Waals surface area contributed by atoms with Gasteiger partial charge in [-0.05, 0) is 55.1 Å². The fraction of sp³-hybridized carbons (Fsp3) is 0.682. The maximum atomic E-state index is 13.2. The average Bonchev–Trinajstić information content (AvgIpc) is 3.35. The number of hydrogen-bond acceptors (Lipinski definition) is 7. The van der Waals surface area contributed by atoms with E-state index in [1.165, 1.54) is 10.7 Å². The molecule has 0 radical (unpaired) electrons. The highest BCUT2D eigenvalue weighted by Crippen LogP contribution is 2.66. The molecular weight excluding hydrogens is 434 g/mol. The standard InChI is InChI=1S/C22H29N3O4S2/c1-21(2)15-7-10-22(21,3)13-17(15)29-20(26)14-8-11-25(12-9-14)31(27,28)18-6-4-5-16-19(18)24-30-23-16/h4-6,14-15,17H,7-13H2,1-3H3/t15-,17-,22-/m1/s1. The molecule has 168 valence electrons. The van der Waals surface area contributed by atoms with Crippen molar-refractivity contribution in [2.45, 2.75) is 63.9 Å². The van der Waals surface area contributed by atoms with Crippen molar-refractivity contribution < 1.29 is 17.9 Å². The Morgan fingerprint density at radius 1 is 1.16 bits per heavy atom. The molecule has 1 aromatic heterocycles. The molecule has 3 atom stereocenters. The summed E-state index contributed by atoms with van der Waals surface area (Å²) in [5.41, 5.74) is 1.44. The zero-order chi connectivity index (χ0) is 22.0. The predicted octanol–water partition coefficient (Wildman–Crippen LogP) is 3.85. The molecule has 1 saturated heterocycles. The molecule has 0 amide bonds. The third-order valence-electron chi connectivity index (χ3n) is 8.51. The zero-order valence-electron chi connectivity index (χ0n) is 18.2. The highest BCUT2D eigenvalue weighted by atomic mass is 32.2.